The number of halogens is 1. The van der Waals surface area contributed by atoms with Gasteiger partial charge in [0.05, 0.1) is 5.02 Å². The van der Waals surface area contributed by atoms with Gasteiger partial charge < -0.3 is 14.4 Å². The molecule has 204 valence electrons. The number of ketones is 1. The van der Waals surface area contributed by atoms with E-state index in [1.165, 1.54) is 0 Å². The molecule has 0 amide bonds. The normalized spacial score (nSPS) is 11.1. The summed E-state index contributed by atoms with van der Waals surface area (Å²) in [5.74, 6) is -2.56. The van der Waals surface area contributed by atoms with E-state index in [1.54, 1.807) is 97.1 Å². The Labute approximate surface area is 241 Å². The average molecular weight is 585 g/mol. The van der Waals surface area contributed by atoms with Crippen molar-refractivity contribution >= 4 is 33.5 Å². The smallest absolute Gasteiger partial charge is 0.339 e. The van der Waals surface area contributed by atoms with Gasteiger partial charge in [-0.15, -0.1) is 0 Å². The van der Waals surface area contributed by atoms with Gasteiger partial charge in [0.2, 0.25) is 0 Å². The third kappa shape index (κ3) is 5.70. The van der Waals surface area contributed by atoms with E-state index in [0.29, 0.717) is 22.3 Å². The van der Waals surface area contributed by atoms with Gasteiger partial charge in [0, 0.05) is 28.3 Å². The molecule has 0 aliphatic rings. The van der Waals surface area contributed by atoms with Crippen molar-refractivity contribution in [2.24, 2.45) is 0 Å². The molecule has 0 aliphatic carbocycles. The highest BCUT2D eigenvalue weighted by Gasteiger charge is 2.26. The minimum Gasteiger partial charge on any atom is -0.507 e. The molecule has 41 heavy (non-hydrogen) atoms. The van der Waals surface area contributed by atoms with E-state index in [2.05, 4.69) is 0 Å². The van der Waals surface area contributed by atoms with Crippen LogP contribution in [0.3, 0.4) is 0 Å². The molecule has 7 nitrogen and oxygen atoms in total. The van der Waals surface area contributed by atoms with Crippen LogP contribution in [0.15, 0.2) is 120 Å². The lowest BCUT2D eigenvalue weighted by Gasteiger charge is -2.18. The van der Waals surface area contributed by atoms with Crippen LogP contribution < -0.4 is 4.18 Å². The highest BCUT2D eigenvalue weighted by Crippen LogP contribution is 2.42. The molecule has 0 heterocycles. The van der Waals surface area contributed by atoms with E-state index in [0.717, 1.165) is 18.2 Å². The lowest BCUT2D eigenvalue weighted by molar-refractivity contribution is 0.0693. The standard InChI is InChI=1S/C32H21ClO7S/c33-28-14-8-7-13-24(28)30(35)22-17-26(20-9-3-1-4-10-20)31(27(18-22)21-11-5-2-6-12-21)40-41(38,39)23-15-16-25(32(36)37)29(34)19-23/h1-19,34H,(H,36,37). The maximum absolute atomic E-state index is 13.7. The summed E-state index contributed by atoms with van der Waals surface area (Å²) in [6.45, 7) is 0. The van der Waals surface area contributed by atoms with Crippen molar-refractivity contribution in [1.82, 2.24) is 0 Å². The summed E-state index contributed by atoms with van der Waals surface area (Å²) in [7, 11) is -4.59. The Morgan fingerprint density at radius 1 is 0.683 bits per heavy atom. The number of carbonyl (C=O) groups is 2. The number of aromatic hydroxyl groups is 1. The predicted octanol–water partition coefficient (Wildman–Crippen LogP) is 7.08. The molecule has 5 aromatic rings. The Morgan fingerprint density at radius 2 is 1.22 bits per heavy atom. The van der Waals surface area contributed by atoms with Gasteiger partial charge in [-0.2, -0.15) is 8.42 Å². The van der Waals surface area contributed by atoms with Crippen molar-refractivity contribution in [1.29, 1.82) is 0 Å². The first-order valence-corrected chi connectivity index (χ1v) is 14.0. The van der Waals surface area contributed by atoms with Crippen LogP contribution in [0.2, 0.25) is 5.02 Å². The van der Waals surface area contributed by atoms with Crippen LogP contribution in [0.25, 0.3) is 22.3 Å². The second-order valence-electron chi connectivity index (χ2n) is 8.96. The van der Waals surface area contributed by atoms with E-state index in [4.69, 9.17) is 15.8 Å². The predicted molar refractivity (Wildman–Crippen MR) is 155 cm³/mol. The number of aromatic carboxylic acids is 1. The number of carbonyl (C=O) groups excluding carboxylic acids is 1. The molecular weight excluding hydrogens is 564 g/mol. The van der Waals surface area contributed by atoms with Gasteiger partial charge in [-0.25, -0.2) is 4.79 Å². The van der Waals surface area contributed by atoms with Gasteiger partial charge in [0.1, 0.15) is 16.2 Å². The van der Waals surface area contributed by atoms with Crippen LogP contribution in [0.4, 0.5) is 0 Å². The summed E-state index contributed by atoms with van der Waals surface area (Å²) < 4.78 is 32.8. The van der Waals surface area contributed by atoms with Gasteiger partial charge in [-0.1, -0.05) is 84.4 Å². The molecule has 0 fully saturated rings. The molecule has 0 unspecified atom stereocenters. The van der Waals surface area contributed by atoms with Gasteiger partial charge in [0.25, 0.3) is 0 Å². The fourth-order valence-electron chi connectivity index (χ4n) is 4.32. The van der Waals surface area contributed by atoms with E-state index < -0.39 is 32.3 Å². The highest BCUT2D eigenvalue weighted by molar-refractivity contribution is 7.87. The molecule has 5 aromatic carbocycles. The molecule has 0 radical (unpaired) electrons. The fraction of sp³-hybridized carbons (Fsp3) is 0. The molecule has 0 bridgehead atoms. The van der Waals surface area contributed by atoms with Crippen LogP contribution in [0.1, 0.15) is 26.3 Å². The van der Waals surface area contributed by atoms with Gasteiger partial charge >= 0.3 is 16.1 Å². The van der Waals surface area contributed by atoms with Crippen molar-refractivity contribution < 1.29 is 32.4 Å². The Hall–Kier alpha value is -4.92. The highest BCUT2D eigenvalue weighted by atomic mass is 35.5. The Bertz CT molecular complexity index is 1830. The largest absolute Gasteiger partial charge is 0.507 e. The SMILES string of the molecule is O=C(O)c1ccc(S(=O)(=O)Oc2c(-c3ccccc3)cc(C(=O)c3ccccc3Cl)cc2-c2ccccc2)cc1O. The zero-order valence-electron chi connectivity index (χ0n) is 21.2. The topological polar surface area (TPSA) is 118 Å². The third-order valence-corrected chi connectivity index (χ3v) is 7.87. The number of carboxylic acids is 1. The summed E-state index contributed by atoms with van der Waals surface area (Å²) in [5, 5.41) is 19.6. The lowest BCUT2D eigenvalue weighted by atomic mass is 9.92. The molecule has 2 N–H and O–H groups in total. The minimum absolute atomic E-state index is 0.0556. The van der Waals surface area contributed by atoms with E-state index in [1.807, 2.05) is 0 Å². The number of hydrogen-bond acceptors (Lipinski definition) is 6. The molecule has 0 saturated heterocycles. The molecule has 5 rings (SSSR count). The summed E-state index contributed by atoms with van der Waals surface area (Å²) in [6.07, 6.45) is 0. The van der Waals surface area contributed by atoms with Crippen molar-refractivity contribution in [3.8, 4) is 33.8 Å². The first-order valence-electron chi connectivity index (χ1n) is 12.2. The first-order chi connectivity index (χ1) is 19.7. The fourth-order valence-corrected chi connectivity index (χ4v) is 5.53. The summed E-state index contributed by atoms with van der Waals surface area (Å²) in [4.78, 5) is 24.5. The van der Waals surface area contributed by atoms with Crippen LogP contribution in [0, 0.1) is 0 Å². The first kappa shape index (κ1) is 27.6. The summed E-state index contributed by atoms with van der Waals surface area (Å²) in [6, 6.07) is 30.2. The minimum atomic E-state index is -4.59. The Balaban J connectivity index is 1.75. The Kier molecular flexibility index (Phi) is 7.61. The van der Waals surface area contributed by atoms with Crippen molar-refractivity contribution in [2.45, 2.75) is 4.90 Å². The maximum Gasteiger partial charge on any atom is 0.339 e. The number of benzene rings is 5. The van der Waals surface area contributed by atoms with E-state index >= 15 is 0 Å². The molecule has 0 aliphatic heterocycles. The molecule has 0 saturated carbocycles. The van der Waals surface area contributed by atoms with Crippen molar-refractivity contribution in [2.75, 3.05) is 0 Å². The Morgan fingerprint density at radius 3 is 1.73 bits per heavy atom. The lowest BCUT2D eigenvalue weighted by Crippen LogP contribution is -2.13. The molecule has 0 aromatic heterocycles. The average Bonchev–Trinajstić information content (AvgIpc) is 2.97. The molecule has 9 heteroatoms. The quantitative estimate of drug-likeness (QED) is 0.148. The van der Waals surface area contributed by atoms with Gasteiger partial charge in [-0.3, -0.25) is 4.79 Å². The summed E-state index contributed by atoms with van der Waals surface area (Å²) in [5.41, 5.74) is 1.86. The third-order valence-electron chi connectivity index (χ3n) is 6.32. The van der Waals surface area contributed by atoms with Gasteiger partial charge in [0.15, 0.2) is 11.5 Å². The zero-order valence-corrected chi connectivity index (χ0v) is 22.8. The van der Waals surface area contributed by atoms with Crippen LogP contribution >= 0.6 is 11.6 Å². The van der Waals surface area contributed by atoms with Gasteiger partial charge in [-0.05, 0) is 47.5 Å². The van der Waals surface area contributed by atoms with Crippen molar-refractivity contribution in [3.63, 3.8) is 0 Å². The number of rotatable bonds is 8. The second kappa shape index (κ2) is 11.3. The van der Waals surface area contributed by atoms with E-state index in [9.17, 15) is 28.2 Å². The van der Waals surface area contributed by atoms with E-state index in [-0.39, 0.29) is 27.7 Å². The zero-order chi connectivity index (χ0) is 29.1. The molecular formula is C32H21ClO7S. The molecule has 0 atom stereocenters. The number of carboxylic acid groups (broad SMARTS) is 1. The maximum atomic E-state index is 13.7. The number of hydrogen-bond donors (Lipinski definition) is 2. The van der Waals surface area contributed by atoms with Crippen LogP contribution in [-0.2, 0) is 10.1 Å². The second-order valence-corrected chi connectivity index (χ2v) is 10.9. The molecule has 0 spiro atoms. The van der Waals surface area contributed by atoms with Crippen molar-refractivity contribution in [3.05, 3.63) is 137 Å². The number of phenols is 1. The monoisotopic (exact) mass is 584 g/mol. The summed E-state index contributed by atoms with van der Waals surface area (Å²) >= 11 is 6.33. The van der Waals surface area contributed by atoms with Crippen LogP contribution in [0.5, 0.6) is 11.5 Å². The van der Waals surface area contributed by atoms with Crippen LogP contribution in [-0.4, -0.2) is 30.4 Å².